The van der Waals surface area contributed by atoms with Crippen LogP contribution in [0, 0.1) is 11.3 Å². The SMILES string of the molecule is C[C@H]1CN(c2cc(S(=O)(=O)NC3(C)CC3)cc3nc(NC(=O)C45CC4C5)ccc23)C[C@H](C)N1. The van der Waals surface area contributed by atoms with Crippen molar-refractivity contribution in [2.24, 2.45) is 11.3 Å². The van der Waals surface area contributed by atoms with Crippen LogP contribution >= 0.6 is 0 Å². The molecule has 33 heavy (non-hydrogen) atoms. The van der Waals surface area contributed by atoms with Gasteiger partial charge in [0.05, 0.1) is 15.8 Å². The van der Waals surface area contributed by atoms with Gasteiger partial charge >= 0.3 is 0 Å². The van der Waals surface area contributed by atoms with Crippen LogP contribution in [0.4, 0.5) is 11.5 Å². The van der Waals surface area contributed by atoms with E-state index in [1.54, 1.807) is 12.1 Å². The highest BCUT2D eigenvalue weighted by Crippen LogP contribution is 2.75. The summed E-state index contributed by atoms with van der Waals surface area (Å²) >= 11 is 0. The van der Waals surface area contributed by atoms with Gasteiger partial charge in [-0.3, -0.25) is 4.79 Å². The van der Waals surface area contributed by atoms with Crippen LogP contribution in [0.15, 0.2) is 29.2 Å². The fourth-order valence-corrected chi connectivity index (χ4v) is 6.69. The van der Waals surface area contributed by atoms with Crippen molar-refractivity contribution in [3.05, 3.63) is 24.3 Å². The van der Waals surface area contributed by atoms with Crippen LogP contribution in [0.3, 0.4) is 0 Å². The Kier molecular flexibility index (Phi) is 4.45. The Morgan fingerprint density at radius 3 is 2.42 bits per heavy atom. The highest BCUT2D eigenvalue weighted by molar-refractivity contribution is 7.89. The molecule has 2 aromatic rings. The molecule has 1 aromatic carbocycles. The predicted octanol–water partition coefficient (Wildman–Crippen LogP) is 2.60. The molecule has 3 saturated carbocycles. The van der Waals surface area contributed by atoms with Crippen molar-refractivity contribution in [1.82, 2.24) is 15.0 Å². The van der Waals surface area contributed by atoms with E-state index >= 15 is 0 Å². The Morgan fingerprint density at radius 1 is 1.15 bits per heavy atom. The van der Waals surface area contributed by atoms with Crippen LogP contribution in [0.25, 0.3) is 10.9 Å². The molecular formula is C24H31N5O3S. The monoisotopic (exact) mass is 469 g/mol. The maximum Gasteiger partial charge on any atom is 0.241 e. The van der Waals surface area contributed by atoms with Crippen LogP contribution in [0.5, 0.6) is 0 Å². The number of aromatic nitrogens is 1. The van der Waals surface area contributed by atoms with E-state index in [0.717, 1.165) is 49.8 Å². The summed E-state index contributed by atoms with van der Waals surface area (Å²) in [6.45, 7) is 7.75. The Morgan fingerprint density at radius 2 is 1.82 bits per heavy atom. The summed E-state index contributed by atoms with van der Waals surface area (Å²) in [4.78, 5) is 19.7. The molecule has 4 aliphatic rings. The van der Waals surface area contributed by atoms with Gasteiger partial charge in [0.15, 0.2) is 0 Å². The lowest BCUT2D eigenvalue weighted by molar-refractivity contribution is -0.119. The van der Waals surface area contributed by atoms with Crippen LogP contribution in [-0.2, 0) is 14.8 Å². The topological polar surface area (TPSA) is 103 Å². The lowest BCUT2D eigenvalue weighted by atomic mass is 10.1. The zero-order chi connectivity index (χ0) is 23.2. The third-order valence-corrected chi connectivity index (χ3v) is 9.34. The molecule has 1 aromatic heterocycles. The average molecular weight is 470 g/mol. The van der Waals surface area contributed by atoms with E-state index in [0.29, 0.717) is 17.3 Å². The first kappa shape index (κ1) is 21.3. The smallest absolute Gasteiger partial charge is 0.241 e. The third-order valence-electron chi connectivity index (χ3n) is 7.72. The summed E-state index contributed by atoms with van der Waals surface area (Å²) in [5.41, 5.74) is 0.928. The van der Waals surface area contributed by atoms with Crippen LogP contribution in [0.2, 0.25) is 0 Å². The number of hydrogen-bond donors (Lipinski definition) is 3. The molecule has 1 amide bonds. The number of sulfonamides is 1. The van der Waals surface area contributed by atoms with E-state index in [1.165, 1.54) is 0 Å². The molecule has 3 N–H and O–H groups in total. The van der Waals surface area contributed by atoms with Crippen LogP contribution in [-0.4, -0.2) is 50.0 Å². The first-order valence-electron chi connectivity index (χ1n) is 11.9. The maximum absolute atomic E-state index is 13.3. The van der Waals surface area contributed by atoms with Crippen LogP contribution in [0.1, 0.15) is 46.5 Å². The minimum Gasteiger partial charge on any atom is -0.368 e. The standard InChI is InChI=1S/C24H31N5O3S/c1-14-12-29(13-15(2)25-14)20-9-17(33(31,32)28-23(3)6-7-23)8-19-18(20)4-5-21(26-19)27-22(30)24-10-16(24)11-24/h4-5,8-9,14-16,25,28H,6-7,10-13H2,1-3H3,(H,26,27,30)/t14-,15-,16?,24?/m0/s1. The molecule has 2 heterocycles. The fourth-order valence-electron chi connectivity index (χ4n) is 5.19. The highest BCUT2D eigenvalue weighted by atomic mass is 32.2. The summed E-state index contributed by atoms with van der Waals surface area (Å²) in [7, 11) is -3.70. The Labute approximate surface area is 194 Å². The van der Waals surface area contributed by atoms with Crippen molar-refractivity contribution in [2.45, 2.75) is 69.0 Å². The maximum atomic E-state index is 13.3. The molecule has 0 unspecified atom stereocenters. The molecular weight excluding hydrogens is 438 g/mol. The van der Waals surface area contributed by atoms with Crippen molar-refractivity contribution in [3.8, 4) is 0 Å². The molecule has 2 atom stereocenters. The summed E-state index contributed by atoms with van der Waals surface area (Å²) in [5, 5.41) is 7.38. The quantitative estimate of drug-likeness (QED) is 0.601. The number of piperazine rings is 1. The molecule has 3 aliphatic carbocycles. The molecule has 0 spiro atoms. The highest BCUT2D eigenvalue weighted by Gasteiger charge is 2.74. The summed E-state index contributed by atoms with van der Waals surface area (Å²) in [6, 6.07) is 7.75. The van der Waals surface area contributed by atoms with Crippen LogP contribution < -0.4 is 20.3 Å². The van der Waals surface area contributed by atoms with E-state index in [1.807, 2.05) is 19.1 Å². The molecule has 4 fully saturated rings. The van der Waals surface area contributed by atoms with Gasteiger partial charge in [0, 0.05) is 41.8 Å². The van der Waals surface area contributed by atoms with E-state index in [-0.39, 0.29) is 33.8 Å². The lowest BCUT2D eigenvalue weighted by Gasteiger charge is -2.38. The first-order chi connectivity index (χ1) is 15.6. The van der Waals surface area contributed by atoms with Crippen molar-refractivity contribution in [2.75, 3.05) is 23.3 Å². The fraction of sp³-hybridized carbons (Fsp3) is 0.583. The molecule has 1 aliphatic heterocycles. The normalized spacial score (nSPS) is 31.7. The van der Waals surface area contributed by atoms with Gasteiger partial charge < -0.3 is 15.5 Å². The number of benzene rings is 1. The minimum atomic E-state index is -3.70. The Balaban J connectivity index is 1.41. The second-order valence-corrected chi connectivity index (χ2v) is 12.6. The van der Waals surface area contributed by atoms with Gasteiger partial charge in [0.1, 0.15) is 5.82 Å². The van der Waals surface area contributed by atoms with Gasteiger partial charge in [0.25, 0.3) is 0 Å². The van der Waals surface area contributed by atoms with E-state index < -0.39 is 10.0 Å². The van der Waals surface area contributed by atoms with Gasteiger partial charge in [-0.25, -0.2) is 18.1 Å². The zero-order valence-corrected chi connectivity index (χ0v) is 20.1. The van der Waals surface area contributed by atoms with E-state index in [9.17, 15) is 13.2 Å². The number of amides is 1. The zero-order valence-electron chi connectivity index (χ0n) is 19.3. The third kappa shape index (κ3) is 3.80. The largest absolute Gasteiger partial charge is 0.368 e. The van der Waals surface area contributed by atoms with Gasteiger partial charge in [-0.2, -0.15) is 0 Å². The van der Waals surface area contributed by atoms with E-state index in [4.69, 9.17) is 0 Å². The Hall–Kier alpha value is -2.23. The second kappa shape index (κ2) is 6.90. The van der Waals surface area contributed by atoms with Crippen molar-refractivity contribution in [3.63, 3.8) is 0 Å². The molecule has 0 radical (unpaired) electrons. The number of nitrogens with zero attached hydrogens (tertiary/aromatic N) is 2. The summed E-state index contributed by atoms with van der Waals surface area (Å²) < 4.78 is 29.4. The number of carbonyl (C=O) groups excluding carboxylic acids is 1. The molecule has 9 heteroatoms. The number of fused-ring (bicyclic) bond motifs is 2. The number of anilines is 2. The molecule has 6 rings (SSSR count). The van der Waals surface area contributed by atoms with Crippen molar-refractivity contribution < 1.29 is 13.2 Å². The average Bonchev–Trinajstić information content (AvgIpc) is 3.63. The van der Waals surface area contributed by atoms with Gasteiger partial charge in [-0.15, -0.1) is 0 Å². The number of carbonyl (C=O) groups is 1. The van der Waals surface area contributed by atoms with Gasteiger partial charge in [-0.05, 0) is 76.6 Å². The number of hydrogen-bond acceptors (Lipinski definition) is 6. The Bertz CT molecular complexity index is 1260. The summed E-state index contributed by atoms with van der Waals surface area (Å²) in [6.07, 6.45) is 3.64. The molecule has 1 saturated heterocycles. The van der Waals surface area contributed by atoms with Crippen molar-refractivity contribution >= 4 is 38.3 Å². The van der Waals surface area contributed by atoms with Gasteiger partial charge in [0.2, 0.25) is 15.9 Å². The summed E-state index contributed by atoms with van der Waals surface area (Å²) in [5.74, 6) is 1.06. The second-order valence-electron chi connectivity index (χ2n) is 11.0. The molecule has 8 nitrogen and oxygen atoms in total. The lowest BCUT2D eigenvalue weighted by Crippen LogP contribution is -2.54. The molecule has 176 valence electrons. The minimum absolute atomic E-state index is 0.0384. The molecule has 0 bridgehead atoms. The predicted molar refractivity (Wildman–Crippen MR) is 128 cm³/mol. The number of pyridine rings is 1. The first-order valence-corrected chi connectivity index (χ1v) is 13.4. The van der Waals surface area contributed by atoms with Gasteiger partial charge in [-0.1, -0.05) is 0 Å². The van der Waals surface area contributed by atoms with Crippen molar-refractivity contribution in [1.29, 1.82) is 0 Å². The number of nitrogens with one attached hydrogen (secondary N) is 3. The van der Waals surface area contributed by atoms with E-state index in [2.05, 4.69) is 39.1 Å². The number of rotatable bonds is 6.